The monoisotopic (exact) mass is 306 g/mol. The Hall–Kier alpha value is -1.92. The van der Waals surface area contributed by atoms with Crippen LogP contribution in [-0.2, 0) is 14.6 Å². The quantitative estimate of drug-likeness (QED) is 0.807. The molecule has 5 nitrogen and oxygen atoms in total. The summed E-state index contributed by atoms with van der Waals surface area (Å²) in [5.74, 6) is -0.121. The second-order valence-corrected chi connectivity index (χ2v) is 6.81. The van der Waals surface area contributed by atoms with E-state index in [0.717, 1.165) is 0 Å². The summed E-state index contributed by atoms with van der Waals surface area (Å²) in [5.41, 5.74) is 6.07. The van der Waals surface area contributed by atoms with E-state index in [1.165, 1.54) is 6.08 Å². The maximum atomic E-state index is 12.2. The average molecular weight is 306 g/mol. The number of nitrogens with one attached hydrogen (secondary N) is 2. The van der Waals surface area contributed by atoms with Gasteiger partial charge in [0, 0.05) is 12.5 Å². The molecule has 1 aromatic rings. The molecule has 6 heteroatoms. The molecule has 1 saturated heterocycles. The van der Waals surface area contributed by atoms with Crippen LogP contribution in [0.4, 0.5) is 0 Å². The van der Waals surface area contributed by atoms with Gasteiger partial charge in [0.2, 0.25) is 5.91 Å². The summed E-state index contributed by atoms with van der Waals surface area (Å²) in [6.45, 7) is 3.48. The summed E-state index contributed by atoms with van der Waals surface area (Å²) in [5, 5.41) is 0. The topological polar surface area (TPSA) is 75.3 Å². The van der Waals surface area contributed by atoms with E-state index in [1.807, 2.05) is 6.08 Å². The first-order valence-electron chi connectivity index (χ1n) is 6.68. The Kier molecular flexibility index (Phi) is 4.93. The highest BCUT2D eigenvalue weighted by Crippen LogP contribution is 2.19. The second kappa shape index (κ2) is 6.69. The predicted octanol–water partition coefficient (Wildman–Crippen LogP) is 1.44. The van der Waals surface area contributed by atoms with Gasteiger partial charge in [0.1, 0.15) is 0 Å². The molecule has 0 spiro atoms. The standard InChI is InChI=1S/C15H18N2O3S/c1-2-11-21(19,20)14-6-4-3-5-12(14)7-8-13-9-10-15(18)17-16-13/h2-8,13,16H,1,9-11H2,(H,17,18)/b8-7+. The van der Waals surface area contributed by atoms with E-state index < -0.39 is 9.84 Å². The van der Waals surface area contributed by atoms with Crippen LogP contribution in [0, 0.1) is 0 Å². The van der Waals surface area contributed by atoms with Gasteiger partial charge in [0.05, 0.1) is 10.6 Å². The van der Waals surface area contributed by atoms with Gasteiger partial charge in [0.15, 0.2) is 9.84 Å². The van der Waals surface area contributed by atoms with Crippen LogP contribution in [-0.4, -0.2) is 26.1 Å². The Morgan fingerprint density at radius 1 is 1.33 bits per heavy atom. The molecule has 0 saturated carbocycles. The Bertz CT molecular complexity index is 655. The highest BCUT2D eigenvalue weighted by atomic mass is 32.2. The summed E-state index contributed by atoms with van der Waals surface area (Å²) in [7, 11) is -3.36. The van der Waals surface area contributed by atoms with Crippen molar-refractivity contribution in [2.75, 3.05) is 5.75 Å². The van der Waals surface area contributed by atoms with Crippen molar-refractivity contribution >= 4 is 21.8 Å². The molecule has 2 N–H and O–H groups in total. The normalized spacial score (nSPS) is 19.4. The fourth-order valence-corrected chi connectivity index (χ4v) is 3.38. The highest BCUT2D eigenvalue weighted by molar-refractivity contribution is 7.91. The first kappa shape index (κ1) is 15.5. The van der Waals surface area contributed by atoms with E-state index in [1.54, 1.807) is 30.3 Å². The third kappa shape index (κ3) is 4.03. The zero-order valence-corrected chi connectivity index (χ0v) is 12.4. The number of hydrazine groups is 1. The van der Waals surface area contributed by atoms with Crippen molar-refractivity contribution in [3.63, 3.8) is 0 Å². The molecule has 1 unspecified atom stereocenters. The lowest BCUT2D eigenvalue weighted by molar-refractivity contribution is -0.123. The number of carbonyl (C=O) groups excluding carboxylic acids is 1. The molecule has 1 aliphatic rings. The number of benzene rings is 1. The predicted molar refractivity (Wildman–Crippen MR) is 82.0 cm³/mol. The van der Waals surface area contributed by atoms with Crippen molar-refractivity contribution in [1.82, 2.24) is 10.9 Å². The number of amides is 1. The molecular formula is C15H18N2O3S. The van der Waals surface area contributed by atoms with Gasteiger partial charge < -0.3 is 0 Å². The Labute approximate surface area is 124 Å². The second-order valence-electron chi connectivity index (χ2n) is 4.80. The van der Waals surface area contributed by atoms with Crippen molar-refractivity contribution < 1.29 is 13.2 Å². The van der Waals surface area contributed by atoms with Crippen LogP contribution in [0.3, 0.4) is 0 Å². The average Bonchev–Trinajstić information content (AvgIpc) is 2.47. The van der Waals surface area contributed by atoms with Gasteiger partial charge in [-0.05, 0) is 18.1 Å². The number of hydrogen-bond acceptors (Lipinski definition) is 4. The van der Waals surface area contributed by atoms with Crippen LogP contribution in [0.1, 0.15) is 18.4 Å². The van der Waals surface area contributed by atoms with Crippen LogP contribution >= 0.6 is 0 Å². The summed E-state index contributed by atoms with van der Waals surface area (Å²) < 4.78 is 24.3. The molecular weight excluding hydrogens is 288 g/mol. The van der Waals surface area contributed by atoms with E-state index in [0.29, 0.717) is 23.3 Å². The molecule has 0 aromatic heterocycles. The smallest absolute Gasteiger partial charge is 0.234 e. The Morgan fingerprint density at radius 3 is 2.76 bits per heavy atom. The SMILES string of the molecule is C=CCS(=O)(=O)c1ccccc1/C=C/C1CCC(=O)NN1. The van der Waals surface area contributed by atoms with Crippen molar-refractivity contribution in [1.29, 1.82) is 0 Å². The van der Waals surface area contributed by atoms with Gasteiger partial charge in [-0.3, -0.25) is 10.2 Å². The lowest BCUT2D eigenvalue weighted by atomic mass is 10.1. The maximum absolute atomic E-state index is 12.2. The largest absolute Gasteiger partial charge is 0.291 e. The van der Waals surface area contributed by atoms with Crippen molar-refractivity contribution in [2.24, 2.45) is 0 Å². The molecule has 1 fully saturated rings. The van der Waals surface area contributed by atoms with Gasteiger partial charge >= 0.3 is 0 Å². The van der Waals surface area contributed by atoms with E-state index in [2.05, 4.69) is 17.4 Å². The molecule has 0 radical (unpaired) electrons. The molecule has 0 bridgehead atoms. The van der Waals surface area contributed by atoms with Gasteiger partial charge in [0.25, 0.3) is 0 Å². The van der Waals surface area contributed by atoms with Gasteiger partial charge in [-0.15, -0.1) is 6.58 Å². The summed E-state index contributed by atoms with van der Waals surface area (Å²) in [6.07, 6.45) is 6.16. The molecule has 1 heterocycles. The van der Waals surface area contributed by atoms with Crippen molar-refractivity contribution in [3.05, 3.63) is 48.6 Å². The molecule has 1 amide bonds. The highest BCUT2D eigenvalue weighted by Gasteiger charge is 2.17. The minimum atomic E-state index is -3.36. The van der Waals surface area contributed by atoms with E-state index in [4.69, 9.17) is 0 Å². The lowest BCUT2D eigenvalue weighted by Crippen LogP contribution is -2.48. The van der Waals surface area contributed by atoms with Gasteiger partial charge in [-0.1, -0.05) is 36.4 Å². The van der Waals surface area contributed by atoms with E-state index in [9.17, 15) is 13.2 Å². The minimum absolute atomic E-state index is 0.00198. The number of rotatable bonds is 5. The first-order valence-corrected chi connectivity index (χ1v) is 8.33. The fourth-order valence-electron chi connectivity index (χ4n) is 2.10. The molecule has 1 atom stereocenters. The summed E-state index contributed by atoms with van der Waals surface area (Å²) in [4.78, 5) is 11.3. The minimum Gasteiger partial charge on any atom is -0.291 e. The van der Waals surface area contributed by atoms with E-state index >= 15 is 0 Å². The van der Waals surface area contributed by atoms with Crippen LogP contribution in [0.25, 0.3) is 6.08 Å². The molecule has 112 valence electrons. The van der Waals surface area contributed by atoms with Crippen LogP contribution < -0.4 is 10.9 Å². The molecule has 2 rings (SSSR count). The summed E-state index contributed by atoms with van der Waals surface area (Å²) >= 11 is 0. The van der Waals surface area contributed by atoms with E-state index in [-0.39, 0.29) is 17.7 Å². The van der Waals surface area contributed by atoms with Gasteiger partial charge in [-0.2, -0.15) is 0 Å². The maximum Gasteiger partial charge on any atom is 0.234 e. The fraction of sp³-hybridized carbons (Fsp3) is 0.267. The third-order valence-electron chi connectivity index (χ3n) is 3.18. The van der Waals surface area contributed by atoms with Crippen LogP contribution in [0.5, 0.6) is 0 Å². The molecule has 21 heavy (non-hydrogen) atoms. The lowest BCUT2D eigenvalue weighted by Gasteiger charge is -2.20. The first-order chi connectivity index (χ1) is 10.0. The number of hydrogen-bond donors (Lipinski definition) is 2. The number of sulfone groups is 1. The third-order valence-corrected chi connectivity index (χ3v) is 4.90. The van der Waals surface area contributed by atoms with Crippen LogP contribution in [0.15, 0.2) is 47.9 Å². The molecule has 1 aliphatic heterocycles. The van der Waals surface area contributed by atoms with Crippen LogP contribution in [0.2, 0.25) is 0 Å². The number of carbonyl (C=O) groups is 1. The molecule has 1 aromatic carbocycles. The van der Waals surface area contributed by atoms with Crippen molar-refractivity contribution in [2.45, 2.75) is 23.8 Å². The summed E-state index contributed by atoms with van der Waals surface area (Å²) in [6, 6.07) is 6.84. The zero-order valence-electron chi connectivity index (χ0n) is 11.6. The Balaban J connectivity index is 2.21. The Morgan fingerprint density at radius 2 is 2.10 bits per heavy atom. The van der Waals surface area contributed by atoms with Crippen molar-refractivity contribution in [3.8, 4) is 0 Å². The molecule has 0 aliphatic carbocycles. The zero-order chi connectivity index (χ0) is 15.3. The van der Waals surface area contributed by atoms with Gasteiger partial charge in [-0.25, -0.2) is 13.8 Å².